The number of rotatable bonds is 2. The minimum atomic E-state index is -0.935. The molecule has 5 nitrogen and oxygen atoms in total. The first-order valence-electron chi connectivity index (χ1n) is 3.05. The summed E-state index contributed by atoms with van der Waals surface area (Å²) in [5.41, 5.74) is 0. The number of hydrogen-bond donors (Lipinski definition) is 1. The van der Waals surface area contributed by atoms with E-state index in [0.29, 0.717) is 11.6 Å². The van der Waals surface area contributed by atoms with Crippen molar-refractivity contribution in [2.45, 2.75) is 13.3 Å². The molecule has 0 aliphatic rings. The molecule has 0 aromatic carbocycles. The van der Waals surface area contributed by atoms with Gasteiger partial charge in [-0.1, -0.05) is 0 Å². The van der Waals surface area contributed by atoms with Crippen molar-refractivity contribution in [3.63, 3.8) is 0 Å². The number of aryl methyl sites for hydroxylation is 1. The molecule has 0 aliphatic heterocycles. The predicted molar refractivity (Wildman–Crippen MR) is 35.9 cm³/mol. The van der Waals surface area contributed by atoms with Crippen LogP contribution in [0, 0.1) is 6.92 Å². The Balaban J connectivity index is 2.79. The summed E-state index contributed by atoms with van der Waals surface area (Å²) < 4.78 is 0. The van der Waals surface area contributed by atoms with E-state index >= 15 is 0 Å². The lowest BCUT2D eigenvalue weighted by atomic mass is 10.4. The molecule has 0 unspecified atom stereocenters. The number of aliphatic carboxylic acids is 1. The van der Waals surface area contributed by atoms with Gasteiger partial charge in [-0.15, -0.1) is 0 Å². The van der Waals surface area contributed by atoms with Crippen LogP contribution in [0.3, 0.4) is 0 Å². The molecule has 1 aromatic heterocycles. The highest BCUT2D eigenvalue weighted by atomic mass is 16.4. The molecule has 1 heterocycles. The fraction of sp³-hybridized carbons (Fsp3) is 0.333. The molecular formula is C6H7N3O2. The molecular weight excluding hydrogens is 146 g/mol. The molecule has 0 spiro atoms. The van der Waals surface area contributed by atoms with Crippen LogP contribution in [0.25, 0.3) is 0 Å². The summed E-state index contributed by atoms with van der Waals surface area (Å²) >= 11 is 0. The average Bonchev–Trinajstić information content (AvgIpc) is 1.85. The second-order valence-electron chi connectivity index (χ2n) is 2.02. The van der Waals surface area contributed by atoms with Crippen LogP contribution in [-0.2, 0) is 11.2 Å². The van der Waals surface area contributed by atoms with E-state index in [9.17, 15) is 4.79 Å². The monoisotopic (exact) mass is 153 g/mol. The molecule has 1 N–H and O–H groups in total. The van der Waals surface area contributed by atoms with Crippen molar-refractivity contribution in [3.05, 3.63) is 18.0 Å². The first kappa shape index (κ1) is 7.59. The fourth-order valence-corrected chi connectivity index (χ4v) is 0.644. The maximum Gasteiger partial charge on any atom is 0.311 e. The smallest absolute Gasteiger partial charge is 0.311 e. The predicted octanol–water partition coefficient (Wildman–Crippen LogP) is -0.193. The Labute approximate surface area is 63.1 Å². The summed E-state index contributed by atoms with van der Waals surface area (Å²) in [5, 5.41) is 8.36. The molecule has 0 atom stereocenters. The molecule has 1 rings (SSSR count). The van der Waals surface area contributed by atoms with Crippen LogP contribution >= 0.6 is 0 Å². The first-order valence-corrected chi connectivity index (χ1v) is 3.05. The minimum absolute atomic E-state index is 0.149. The number of carbonyl (C=O) groups is 1. The van der Waals surface area contributed by atoms with Crippen molar-refractivity contribution in [1.29, 1.82) is 0 Å². The van der Waals surface area contributed by atoms with Crippen molar-refractivity contribution < 1.29 is 9.90 Å². The van der Waals surface area contributed by atoms with Crippen LogP contribution in [0.4, 0.5) is 0 Å². The van der Waals surface area contributed by atoms with Gasteiger partial charge in [-0.05, 0) is 6.92 Å². The fourth-order valence-electron chi connectivity index (χ4n) is 0.644. The second kappa shape index (κ2) is 3.05. The summed E-state index contributed by atoms with van der Waals surface area (Å²) in [6, 6.07) is 0. The third kappa shape index (κ3) is 2.29. The molecule has 0 bridgehead atoms. The Morgan fingerprint density at radius 3 is 2.91 bits per heavy atom. The van der Waals surface area contributed by atoms with Crippen LogP contribution in [0.15, 0.2) is 6.33 Å². The summed E-state index contributed by atoms with van der Waals surface area (Å²) in [6.07, 6.45) is 1.16. The Morgan fingerprint density at radius 2 is 2.36 bits per heavy atom. The number of carboxylic acids is 1. The summed E-state index contributed by atoms with van der Waals surface area (Å²) in [5.74, 6) is -0.100. The van der Waals surface area contributed by atoms with Gasteiger partial charge in [0.05, 0.1) is 0 Å². The van der Waals surface area contributed by atoms with E-state index in [-0.39, 0.29) is 6.42 Å². The van der Waals surface area contributed by atoms with Gasteiger partial charge in [-0.25, -0.2) is 15.0 Å². The quantitative estimate of drug-likeness (QED) is 0.637. The molecule has 0 saturated heterocycles. The number of carboxylic acid groups (broad SMARTS) is 1. The summed E-state index contributed by atoms with van der Waals surface area (Å²) in [4.78, 5) is 21.4. The normalized spacial score (nSPS) is 9.55. The zero-order valence-electron chi connectivity index (χ0n) is 5.98. The molecule has 58 valence electrons. The summed E-state index contributed by atoms with van der Waals surface area (Å²) in [6.45, 7) is 1.69. The molecule has 0 aliphatic carbocycles. The third-order valence-corrected chi connectivity index (χ3v) is 1.05. The Kier molecular flexibility index (Phi) is 2.10. The second-order valence-corrected chi connectivity index (χ2v) is 2.02. The standard InChI is InChI=1S/C6H7N3O2/c1-4-7-3-8-5(9-4)2-6(10)11/h3H,2H2,1H3,(H,10,11). The lowest BCUT2D eigenvalue weighted by Crippen LogP contribution is -2.06. The highest BCUT2D eigenvalue weighted by Gasteiger charge is 2.02. The van der Waals surface area contributed by atoms with Crippen LogP contribution in [-0.4, -0.2) is 26.0 Å². The van der Waals surface area contributed by atoms with E-state index < -0.39 is 5.97 Å². The maximum absolute atomic E-state index is 10.2. The SMILES string of the molecule is Cc1ncnc(CC(=O)O)n1. The Bertz CT molecular complexity index is 274. The molecule has 11 heavy (non-hydrogen) atoms. The van der Waals surface area contributed by atoms with E-state index in [1.807, 2.05) is 0 Å². The van der Waals surface area contributed by atoms with Gasteiger partial charge in [0, 0.05) is 0 Å². The van der Waals surface area contributed by atoms with Gasteiger partial charge in [0.2, 0.25) is 0 Å². The summed E-state index contributed by atoms with van der Waals surface area (Å²) in [7, 11) is 0. The zero-order chi connectivity index (χ0) is 8.27. The van der Waals surface area contributed by atoms with Crippen molar-refractivity contribution in [3.8, 4) is 0 Å². The van der Waals surface area contributed by atoms with E-state index in [1.165, 1.54) is 6.33 Å². The lowest BCUT2D eigenvalue weighted by molar-refractivity contribution is -0.136. The van der Waals surface area contributed by atoms with Crippen molar-refractivity contribution in [2.75, 3.05) is 0 Å². The molecule has 0 radical (unpaired) electrons. The van der Waals surface area contributed by atoms with Crippen LogP contribution in [0.5, 0.6) is 0 Å². The van der Waals surface area contributed by atoms with Crippen LogP contribution in [0.1, 0.15) is 11.6 Å². The van der Waals surface area contributed by atoms with Gasteiger partial charge < -0.3 is 5.11 Å². The molecule has 5 heteroatoms. The topological polar surface area (TPSA) is 76.0 Å². The van der Waals surface area contributed by atoms with E-state index in [1.54, 1.807) is 6.92 Å². The van der Waals surface area contributed by atoms with Gasteiger partial charge in [0.25, 0.3) is 0 Å². The van der Waals surface area contributed by atoms with Crippen molar-refractivity contribution in [1.82, 2.24) is 15.0 Å². The van der Waals surface area contributed by atoms with Gasteiger partial charge in [-0.3, -0.25) is 4.79 Å². The van der Waals surface area contributed by atoms with Gasteiger partial charge in [0.1, 0.15) is 24.4 Å². The number of hydrogen-bond acceptors (Lipinski definition) is 4. The molecule has 0 amide bonds. The van der Waals surface area contributed by atoms with Gasteiger partial charge in [-0.2, -0.15) is 0 Å². The van der Waals surface area contributed by atoms with Gasteiger partial charge >= 0.3 is 5.97 Å². The highest BCUT2D eigenvalue weighted by molar-refractivity contribution is 5.68. The Hall–Kier alpha value is -1.52. The number of nitrogens with zero attached hydrogens (tertiary/aromatic N) is 3. The molecule has 0 saturated carbocycles. The maximum atomic E-state index is 10.2. The molecule has 1 aromatic rings. The van der Waals surface area contributed by atoms with Crippen LogP contribution < -0.4 is 0 Å². The number of aromatic nitrogens is 3. The highest BCUT2D eigenvalue weighted by Crippen LogP contribution is 1.90. The minimum Gasteiger partial charge on any atom is -0.481 e. The van der Waals surface area contributed by atoms with E-state index in [4.69, 9.17) is 5.11 Å². The van der Waals surface area contributed by atoms with Crippen LogP contribution in [0.2, 0.25) is 0 Å². The molecule has 0 fully saturated rings. The zero-order valence-corrected chi connectivity index (χ0v) is 5.98. The lowest BCUT2D eigenvalue weighted by Gasteiger charge is -1.94. The first-order chi connectivity index (χ1) is 5.18. The van der Waals surface area contributed by atoms with Crippen molar-refractivity contribution >= 4 is 5.97 Å². The van der Waals surface area contributed by atoms with E-state index in [2.05, 4.69) is 15.0 Å². The third-order valence-electron chi connectivity index (χ3n) is 1.05. The Morgan fingerprint density at radius 1 is 1.64 bits per heavy atom. The van der Waals surface area contributed by atoms with E-state index in [0.717, 1.165) is 0 Å². The van der Waals surface area contributed by atoms with Crippen molar-refractivity contribution in [2.24, 2.45) is 0 Å². The van der Waals surface area contributed by atoms with Gasteiger partial charge in [0.15, 0.2) is 0 Å². The largest absolute Gasteiger partial charge is 0.481 e. The average molecular weight is 153 g/mol.